The van der Waals surface area contributed by atoms with E-state index in [0.717, 1.165) is 25.7 Å². The number of rotatable bonds is 5. The number of fused-ring (bicyclic) bond motifs is 2. The van der Waals surface area contributed by atoms with Crippen molar-refractivity contribution in [3.8, 4) is 0 Å². The zero-order valence-corrected chi connectivity index (χ0v) is 21.2. The van der Waals surface area contributed by atoms with Crippen molar-refractivity contribution in [2.24, 2.45) is 5.92 Å². The molecular weight excluding hydrogens is 465 g/mol. The highest BCUT2D eigenvalue weighted by atomic mass is 32.9. The zero-order chi connectivity index (χ0) is 22.7. The van der Waals surface area contributed by atoms with Crippen molar-refractivity contribution >= 4 is 45.9 Å². The summed E-state index contributed by atoms with van der Waals surface area (Å²) in [7, 11) is 0. The van der Waals surface area contributed by atoms with Crippen LogP contribution >= 0.6 is 17.1 Å². The highest BCUT2D eigenvalue weighted by Gasteiger charge is 2.54. The van der Waals surface area contributed by atoms with Gasteiger partial charge in [0.15, 0.2) is 11.5 Å². The van der Waals surface area contributed by atoms with Gasteiger partial charge in [0.1, 0.15) is 18.1 Å². The minimum atomic E-state index is -2.49. The third-order valence-electron chi connectivity index (χ3n) is 6.99. The van der Waals surface area contributed by atoms with Crippen molar-refractivity contribution in [3.05, 3.63) is 24.8 Å². The number of nitrogen functional groups attached to an aromatic ring is 1. The molecule has 2 aromatic heterocycles. The number of imidazole rings is 1. The number of aromatic nitrogens is 4. The number of allylic oxidation sites excluding steroid dienone is 1. The average molecular weight is 496 g/mol. The molecule has 2 saturated heterocycles. The van der Waals surface area contributed by atoms with Crippen LogP contribution < -0.4 is 5.73 Å². The smallest absolute Gasteiger partial charge is 0.248 e. The van der Waals surface area contributed by atoms with Gasteiger partial charge in [-0.25, -0.2) is 15.0 Å². The van der Waals surface area contributed by atoms with E-state index in [4.69, 9.17) is 31.3 Å². The first-order valence-electron chi connectivity index (χ1n) is 11.1. The Morgan fingerprint density at radius 1 is 1.44 bits per heavy atom. The van der Waals surface area contributed by atoms with Crippen LogP contribution in [0.5, 0.6) is 0 Å². The van der Waals surface area contributed by atoms with Gasteiger partial charge in [-0.05, 0) is 57.3 Å². The summed E-state index contributed by atoms with van der Waals surface area (Å²) in [6.07, 6.45) is 7.49. The first kappa shape index (κ1) is 22.7. The molecule has 0 radical (unpaired) electrons. The lowest BCUT2D eigenvalue weighted by atomic mass is 9.77. The standard InChI is InChI=1S/C21H30N5O3PS2/c1-5-14-15(9-17(27-14)26-11-25-18-19(22)23-10-24-20(18)26)28-30(31)29-16-8-13(12(2)3)6-7-21(16,4)32-30/h10-11,13-17H,2,5-9H2,1,3-4H3,(H2,22,23,24)/t13-,14+,15-,16+,17+,21+,30+/m0/s1. The Morgan fingerprint density at radius 2 is 2.25 bits per heavy atom. The number of hydrogen-bond acceptors (Lipinski definition) is 9. The monoisotopic (exact) mass is 495 g/mol. The number of ether oxygens (including phenoxy) is 1. The van der Waals surface area contributed by atoms with Crippen LogP contribution in [0.4, 0.5) is 5.82 Å². The summed E-state index contributed by atoms with van der Waals surface area (Å²) >= 11 is 7.78. The first-order chi connectivity index (χ1) is 15.2. The fourth-order valence-electron chi connectivity index (χ4n) is 5.02. The van der Waals surface area contributed by atoms with Crippen molar-refractivity contribution in [1.29, 1.82) is 0 Å². The van der Waals surface area contributed by atoms with E-state index in [1.165, 1.54) is 11.9 Å². The number of nitrogens with two attached hydrogens (primary N) is 1. The van der Waals surface area contributed by atoms with E-state index in [-0.39, 0.29) is 29.3 Å². The second-order valence-corrected chi connectivity index (χ2v) is 15.8. The van der Waals surface area contributed by atoms with Gasteiger partial charge in [0.25, 0.3) is 0 Å². The predicted molar refractivity (Wildman–Crippen MR) is 131 cm³/mol. The molecule has 2 aromatic rings. The normalized spacial score (nSPS) is 39.4. The first-order valence-corrected chi connectivity index (χ1v) is 15.2. The van der Waals surface area contributed by atoms with Gasteiger partial charge in [0.05, 0.1) is 24.6 Å². The SMILES string of the molecule is C=C(C)[C@H]1CC[C@@]2(C)S[P@](=S)(O[C@H]3C[C@H](n4cnc5c(N)ncnc54)O[C@@H]3CC)O[C@@H]2C1. The van der Waals surface area contributed by atoms with Crippen LogP contribution in [0.2, 0.25) is 0 Å². The Morgan fingerprint density at radius 3 is 3.00 bits per heavy atom. The zero-order valence-electron chi connectivity index (χ0n) is 18.6. The molecule has 0 amide bonds. The van der Waals surface area contributed by atoms with E-state index >= 15 is 0 Å². The Labute approximate surface area is 197 Å². The lowest BCUT2D eigenvalue weighted by molar-refractivity contribution is -0.0151. The van der Waals surface area contributed by atoms with Crippen LogP contribution in [0, 0.1) is 5.92 Å². The van der Waals surface area contributed by atoms with Gasteiger partial charge in [-0.15, -0.1) is 0 Å². The molecule has 8 nitrogen and oxygen atoms in total. The van der Waals surface area contributed by atoms with E-state index in [0.29, 0.717) is 29.3 Å². The second-order valence-electron chi connectivity index (χ2n) is 9.26. The van der Waals surface area contributed by atoms with Crippen LogP contribution in [0.1, 0.15) is 59.1 Å². The molecule has 1 saturated carbocycles. The summed E-state index contributed by atoms with van der Waals surface area (Å²) in [6.45, 7) is 10.7. The molecular formula is C21H30N5O3PS2. The van der Waals surface area contributed by atoms with Gasteiger partial charge in [0, 0.05) is 11.2 Å². The molecule has 0 aromatic carbocycles. The molecule has 7 atom stereocenters. The van der Waals surface area contributed by atoms with Gasteiger partial charge in [-0.2, -0.15) is 0 Å². The van der Waals surface area contributed by atoms with Crippen molar-refractivity contribution < 1.29 is 13.8 Å². The van der Waals surface area contributed by atoms with Crippen molar-refractivity contribution in [2.75, 3.05) is 5.73 Å². The van der Waals surface area contributed by atoms with Gasteiger partial charge in [-0.3, -0.25) is 4.57 Å². The summed E-state index contributed by atoms with van der Waals surface area (Å²) in [5.41, 5.74) is 5.94. The van der Waals surface area contributed by atoms with Crippen LogP contribution in [0.15, 0.2) is 24.8 Å². The van der Waals surface area contributed by atoms with Gasteiger partial charge >= 0.3 is 0 Å². The largest absolute Gasteiger partial charge is 0.382 e. The molecule has 2 N–H and O–H groups in total. The molecule has 0 unspecified atom stereocenters. The minimum absolute atomic E-state index is 0.0110. The van der Waals surface area contributed by atoms with Gasteiger partial charge in [0.2, 0.25) is 5.69 Å². The lowest BCUT2D eigenvalue weighted by Gasteiger charge is -2.37. The summed E-state index contributed by atoms with van der Waals surface area (Å²) in [5, 5.41) is 0. The third-order valence-corrected chi connectivity index (χ3v) is 12.8. The van der Waals surface area contributed by atoms with Crippen LogP contribution in [-0.4, -0.2) is 42.6 Å². The number of hydrogen-bond donors (Lipinski definition) is 1. The van der Waals surface area contributed by atoms with E-state index in [1.807, 2.05) is 4.57 Å². The van der Waals surface area contributed by atoms with Crippen LogP contribution in [0.25, 0.3) is 11.2 Å². The molecule has 174 valence electrons. The van der Waals surface area contributed by atoms with Crippen LogP contribution in [0.3, 0.4) is 0 Å². The number of nitrogens with zero attached hydrogens (tertiary/aromatic N) is 4. The highest BCUT2D eigenvalue weighted by molar-refractivity contribution is 8.68. The minimum Gasteiger partial charge on any atom is -0.382 e. The Balaban J connectivity index is 1.33. The van der Waals surface area contributed by atoms with E-state index in [9.17, 15) is 0 Å². The predicted octanol–water partition coefficient (Wildman–Crippen LogP) is 4.98. The van der Waals surface area contributed by atoms with Crippen molar-refractivity contribution in [3.63, 3.8) is 0 Å². The fourth-order valence-corrected chi connectivity index (χ4v) is 12.6. The quantitative estimate of drug-likeness (QED) is 0.455. The molecule has 32 heavy (non-hydrogen) atoms. The summed E-state index contributed by atoms with van der Waals surface area (Å²) < 4.78 is 21.4. The molecule has 4 heterocycles. The molecule has 2 aliphatic heterocycles. The molecule has 5 rings (SSSR count). The van der Waals surface area contributed by atoms with Crippen molar-refractivity contribution in [2.45, 2.75) is 82.2 Å². The Bertz CT molecular complexity index is 1100. The second kappa shape index (κ2) is 8.32. The maximum atomic E-state index is 6.61. The molecule has 0 spiro atoms. The van der Waals surface area contributed by atoms with Crippen LogP contribution in [-0.2, 0) is 25.6 Å². The average Bonchev–Trinajstić information content (AvgIpc) is 3.40. The maximum absolute atomic E-state index is 6.61. The highest BCUT2D eigenvalue weighted by Crippen LogP contribution is 2.76. The molecule has 1 aliphatic carbocycles. The van der Waals surface area contributed by atoms with E-state index < -0.39 is 5.69 Å². The van der Waals surface area contributed by atoms with Gasteiger partial charge in [-0.1, -0.05) is 30.5 Å². The molecule has 3 aliphatic rings. The summed E-state index contributed by atoms with van der Waals surface area (Å²) in [5.74, 6) is 0.864. The Hall–Kier alpha value is -1.03. The lowest BCUT2D eigenvalue weighted by Crippen LogP contribution is -2.39. The van der Waals surface area contributed by atoms with E-state index in [1.54, 1.807) is 17.7 Å². The topological polar surface area (TPSA) is 97.3 Å². The summed E-state index contributed by atoms with van der Waals surface area (Å²) in [6, 6.07) is 0. The fraction of sp³-hybridized carbons (Fsp3) is 0.667. The molecule has 3 fully saturated rings. The van der Waals surface area contributed by atoms with E-state index in [2.05, 4.69) is 42.3 Å². The van der Waals surface area contributed by atoms with Crippen molar-refractivity contribution in [1.82, 2.24) is 19.5 Å². The van der Waals surface area contributed by atoms with Gasteiger partial charge < -0.3 is 19.5 Å². The Kier molecular flexibility index (Phi) is 5.92. The molecule has 0 bridgehead atoms. The maximum Gasteiger partial charge on any atom is 0.248 e. The third kappa shape index (κ3) is 3.93. The molecule has 11 heteroatoms. The number of anilines is 1. The summed E-state index contributed by atoms with van der Waals surface area (Å²) in [4.78, 5) is 12.8.